The largest absolute Gasteiger partial charge is 0.481 e. The third kappa shape index (κ3) is 7.54. The van der Waals surface area contributed by atoms with Gasteiger partial charge in [0.05, 0.1) is 12.5 Å². The molecule has 0 aliphatic carbocycles. The number of hydrogen-bond acceptors (Lipinski definition) is 7. The maximum Gasteiger partial charge on any atom is 0.326 e. The number of likely N-dealkylation sites (tertiary alicyclic amines) is 1. The summed E-state index contributed by atoms with van der Waals surface area (Å²) in [6.07, 6.45) is 1.35. The van der Waals surface area contributed by atoms with E-state index in [1.807, 2.05) is 24.3 Å². The number of carbonyl (C=O) groups is 6. The summed E-state index contributed by atoms with van der Waals surface area (Å²) in [6.45, 7) is 0.176. The van der Waals surface area contributed by atoms with Crippen LogP contribution in [-0.2, 0) is 35.2 Å². The lowest BCUT2D eigenvalue weighted by Crippen LogP contribution is -2.57. The maximum absolute atomic E-state index is 13.7. The Morgan fingerprint density at radius 3 is 2.46 bits per heavy atom. The molecule has 2 aromatic rings. The number of nitrogens with zero attached hydrogens (tertiary/aromatic N) is 1. The van der Waals surface area contributed by atoms with Gasteiger partial charge in [0, 0.05) is 36.5 Å². The topological polar surface area (TPSA) is 238 Å². The Balaban J connectivity index is 1.83. The number of aromatic nitrogens is 1. The van der Waals surface area contributed by atoms with E-state index >= 15 is 0 Å². The first kappa shape index (κ1) is 29.1. The number of aromatic amines is 1. The van der Waals surface area contributed by atoms with Crippen LogP contribution in [0.2, 0.25) is 0 Å². The molecule has 1 aromatic carbocycles. The molecule has 4 atom stereocenters. The summed E-state index contributed by atoms with van der Waals surface area (Å²) in [5.74, 6) is -5.54. The van der Waals surface area contributed by atoms with Crippen molar-refractivity contribution in [3.63, 3.8) is 0 Å². The van der Waals surface area contributed by atoms with Crippen molar-refractivity contribution in [3.8, 4) is 0 Å². The van der Waals surface area contributed by atoms with Gasteiger partial charge in [-0.05, 0) is 30.9 Å². The first-order valence-corrected chi connectivity index (χ1v) is 12.4. The molecule has 14 heteroatoms. The zero-order valence-corrected chi connectivity index (χ0v) is 21.1. The molecule has 0 bridgehead atoms. The van der Waals surface area contributed by atoms with Gasteiger partial charge in [0.25, 0.3) is 0 Å². The molecule has 0 spiro atoms. The van der Waals surface area contributed by atoms with Crippen molar-refractivity contribution in [3.05, 3.63) is 36.0 Å². The molecule has 1 aliphatic heterocycles. The van der Waals surface area contributed by atoms with Crippen molar-refractivity contribution < 1.29 is 39.0 Å². The minimum Gasteiger partial charge on any atom is -0.481 e. The maximum atomic E-state index is 13.7. The highest BCUT2D eigenvalue weighted by Crippen LogP contribution is 2.23. The van der Waals surface area contributed by atoms with E-state index in [0.717, 1.165) is 16.5 Å². The van der Waals surface area contributed by atoms with E-state index in [1.54, 1.807) is 6.20 Å². The molecule has 1 aliphatic rings. The van der Waals surface area contributed by atoms with Gasteiger partial charge in [-0.15, -0.1) is 0 Å². The zero-order valence-electron chi connectivity index (χ0n) is 21.1. The molecule has 14 nitrogen and oxygen atoms in total. The number of amides is 4. The molecule has 1 fully saturated rings. The van der Waals surface area contributed by atoms with Crippen LogP contribution in [0.1, 0.15) is 37.7 Å². The average molecular weight is 545 g/mol. The number of nitrogens with two attached hydrogens (primary N) is 2. The number of primary amides is 1. The van der Waals surface area contributed by atoms with E-state index in [4.69, 9.17) is 16.6 Å². The van der Waals surface area contributed by atoms with Crippen LogP contribution in [0.4, 0.5) is 0 Å². The van der Waals surface area contributed by atoms with Gasteiger partial charge in [0.1, 0.15) is 18.1 Å². The quantitative estimate of drug-likeness (QED) is 0.160. The van der Waals surface area contributed by atoms with Gasteiger partial charge in [-0.1, -0.05) is 18.2 Å². The Hall–Kier alpha value is -4.46. The first-order valence-electron chi connectivity index (χ1n) is 12.4. The normalized spacial score (nSPS) is 17.3. The summed E-state index contributed by atoms with van der Waals surface area (Å²) in [5, 5.41) is 23.9. The summed E-state index contributed by atoms with van der Waals surface area (Å²) >= 11 is 0. The summed E-state index contributed by atoms with van der Waals surface area (Å²) in [4.78, 5) is 77.5. The predicted molar refractivity (Wildman–Crippen MR) is 137 cm³/mol. The van der Waals surface area contributed by atoms with E-state index in [2.05, 4.69) is 15.6 Å². The zero-order chi connectivity index (χ0) is 28.7. The summed E-state index contributed by atoms with van der Waals surface area (Å²) in [6, 6.07) is 2.44. The van der Waals surface area contributed by atoms with E-state index in [1.165, 1.54) is 4.90 Å². The van der Waals surface area contributed by atoms with Crippen molar-refractivity contribution in [1.29, 1.82) is 0 Å². The molecule has 39 heavy (non-hydrogen) atoms. The second-order valence-corrected chi connectivity index (χ2v) is 9.42. The van der Waals surface area contributed by atoms with Crippen LogP contribution in [0.5, 0.6) is 0 Å². The van der Waals surface area contributed by atoms with Gasteiger partial charge < -0.3 is 42.2 Å². The van der Waals surface area contributed by atoms with Crippen molar-refractivity contribution in [2.45, 2.75) is 62.7 Å². The Labute approximate surface area is 223 Å². The molecular formula is C25H32N6O8. The summed E-state index contributed by atoms with van der Waals surface area (Å²) < 4.78 is 0. The van der Waals surface area contributed by atoms with Crippen LogP contribution in [0.3, 0.4) is 0 Å². The van der Waals surface area contributed by atoms with E-state index in [9.17, 15) is 33.9 Å². The molecule has 4 amide bonds. The first-order chi connectivity index (χ1) is 18.5. The Morgan fingerprint density at radius 1 is 1.08 bits per heavy atom. The van der Waals surface area contributed by atoms with Gasteiger partial charge in [-0.3, -0.25) is 24.0 Å². The Morgan fingerprint density at radius 2 is 1.79 bits per heavy atom. The molecule has 210 valence electrons. The van der Waals surface area contributed by atoms with Crippen LogP contribution in [0.25, 0.3) is 10.9 Å². The van der Waals surface area contributed by atoms with Crippen LogP contribution in [0, 0.1) is 0 Å². The van der Waals surface area contributed by atoms with Crippen LogP contribution >= 0.6 is 0 Å². The Kier molecular flexibility index (Phi) is 9.60. The third-order valence-corrected chi connectivity index (χ3v) is 6.58. The second kappa shape index (κ2) is 12.9. The lowest BCUT2D eigenvalue weighted by Gasteiger charge is -2.30. The number of fused-ring (bicyclic) bond motifs is 1. The number of benzene rings is 1. The number of para-hydroxylation sites is 1. The number of carboxylic acid groups (broad SMARTS) is 2. The highest BCUT2D eigenvalue weighted by molar-refractivity contribution is 5.96. The van der Waals surface area contributed by atoms with Gasteiger partial charge in [0.2, 0.25) is 23.6 Å². The summed E-state index contributed by atoms with van der Waals surface area (Å²) in [5.41, 5.74) is 12.5. The molecule has 9 N–H and O–H groups in total. The van der Waals surface area contributed by atoms with Crippen molar-refractivity contribution >= 4 is 46.5 Å². The molecule has 2 heterocycles. The van der Waals surface area contributed by atoms with E-state index in [0.29, 0.717) is 6.42 Å². The fourth-order valence-electron chi connectivity index (χ4n) is 4.58. The Bertz CT molecular complexity index is 1260. The molecule has 1 saturated heterocycles. The number of rotatable bonds is 13. The van der Waals surface area contributed by atoms with E-state index < -0.39 is 66.2 Å². The number of nitrogens with one attached hydrogen (secondary N) is 3. The molecule has 3 rings (SSSR count). The highest BCUT2D eigenvalue weighted by Gasteiger charge is 2.39. The smallest absolute Gasteiger partial charge is 0.326 e. The van der Waals surface area contributed by atoms with Crippen molar-refractivity contribution in [2.75, 3.05) is 6.54 Å². The average Bonchev–Trinajstić information content (AvgIpc) is 3.53. The molecule has 0 radical (unpaired) electrons. The van der Waals surface area contributed by atoms with Gasteiger partial charge in [-0.25, -0.2) is 4.79 Å². The fraction of sp³-hybridized carbons (Fsp3) is 0.440. The van der Waals surface area contributed by atoms with Crippen LogP contribution in [-0.4, -0.2) is 86.4 Å². The monoisotopic (exact) mass is 544 g/mol. The SMILES string of the molecule is NC(=O)CC(NC(=O)C1CCCN1C(=O)C(Cc1c[nH]c2ccccc12)NC(=O)C(N)CCC(=O)O)C(=O)O. The third-order valence-electron chi connectivity index (χ3n) is 6.58. The predicted octanol–water partition coefficient (Wildman–Crippen LogP) is -1.18. The number of aliphatic carboxylic acids is 2. The van der Waals surface area contributed by atoms with Crippen LogP contribution < -0.4 is 22.1 Å². The van der Waals surface area contributed by atoms with Crippen molar-refractivity contribution in [1.82, 2.24) is 20.5 Å². The molecular weight excluding hydrogens is 512 g/mol. The second-order valence-electron chi connectivity index (χ2n) is 9.42. The molecule has 4 unspecified atom stereocenters. The minimum absolute atomic E-state index is 0.0461. The number of carboxylic acids is 2. The summed E-state index contributed by atoms with van der Waals surface area (Å²) in [7, 11) is 0. The van der Waals surface area contributed by atoms with Gasteiger partial charge >= 0.3 is 11.9 Å². The van der Waals surface area contributed by atoms with Gasteiger partial charge in [-0.2, -0.15) is 0 Å². The van der Waals surface area contributed by atoms with Crippen molar-refractivity contribution in [2.24, 2.45) is 11.5 Å². The standard InChI is InChI=1S/C25H32N6O8/c26-15(7-8-21(33)34)22(35)29-17(10-13-12-28-16-5-2-1-4-14(13)16)24(37)31-9-3-6-19(31)23(36)30-18(25(38)39)11-20(27)32/h1-2,4-5,12,15,17-19,28H,3,6-11,26H2,(H2,27,32)(H,29,35)(H,30,36)(H,33,34)(H,38,39). The fourth-order valence-corrected chi connectivity index (χ4v) is 4.58. The number of carbonyl (C=O) groups excluding carboxylic acids is 4. The number of hydrogen-bond donors (Lipinski definition) is 7. The highest BCUT2D eigenvalue weighted by atomic mass is 16.4. The minimum atomic E-state index is -1.55. The van der Waals surface area contributed by atoms with Gasteiger partial charge in [0.15, 0.2) is 0 Å². The van der Waals surface area contributed by atoms with Crippen LogP contribution in [0.15, 0.2) is 30.5 Å². The molecule has 1 aromatic heterocycles. The lowest BCUT2D eigenvalue weighted by molar-refractivity contribution is -0.146. The molecule has 0 saturated carbocycles. The lowest BCUT2D eigenvalue weighted by atomic mass is 10.0. The number of H-pyrrole nitrogens is 1. The van der Waals surface area contributed by atoms with E-state index in [-0.39, 0.29) is 32.2 Å².